The van der Waals surface area contributed by atoms with Gasteiger partial charge in [0.2, 0.25) is 11.7 Å². The molecule has 1 amide bonds. The molecule has 0 unspecified atom stereocenters. The van der Waals surface area contributed by atoms with E-state index in [0.29, 0.717) is 10.6 Å². The van der Waals surface area contributed by atoms with Crippen LogP contribution >= 0.6 is 11.3 Å². The molecule has 2 aromatic rings. The summed E-state index contributed by atoms with van der Waals surface area (Å²) in [5.41, 5.74) is 0.756. The van der Waals surface area contributed by atoms with Gasteiger partial charge in [0.05, 0.1) is 11.1 Å². The number of hydrogen-bond acceptors (Lipinski definition) is 5. The van der Waals surface area contributed by atoms with E-state index in [9.17, 15) is 18.8 Å². The van der Waals surface area contributed by atoms with Crippen molar-refractivity contribution in [3.8, 4) is 0 Å². The number of esters is 1. The molecular formula is C17H16FNO4S. The van der Waals surface area contributed by atoms with Crippen molar-refractivity contribution in [1.82, 2.24) is 0 Å². The van der Waals surface area contributed by atoms with Crippen molar-refractivity contribution in [2.75, 3.05) is 11.9 Å². The van der Waals surface area contributed by atoms with Gasteiger partial charge in [-0.1, -0.05) is 12.1 Å². The Balaban J connectivity index is 2.14. The average molecular weight is 349 g/mol. The maximum Gasteiger partial charge on any atom is 0.341 e. The van der Waals surface area contributed by atoms with Crippen LogP contribution in [0.1, 0.15) is 38.1 Å². The number of rotatable bonds is 5. The maximum absolute atomic E-state index is 13.6. The van der Waals surface area contributed by atoms with Gasteiger partial charge in [0.1, 0.15) is 10.8 Å². The van der Waals surface area contributed by atoms with E-state index in [0.717, 1.165) is 10.9 Å². The molecule has 0 radical (unpaired) electrons. The van der Waals surface area contributed by atoms with Gasteiger partial charge in [-0.25, -0.2) is 9.18 Å². The molecule has 0 aliphatic rings. The molecule has 1 heterocycles. The quantitative estimate of drug-likeness (QED) is 0.662. The van der Waals surface area contributed by atoms with Gasteiger partial charge in [-0.3, -0.25) is 9.59 Å². The first-order valence-corrected chi connectivity index (χ1v) is 7.95. The van der Waals surface area contributed by atoms with Gasteiger partial charge in [0, 0.05) is 11.8 Å². The minimum atomic E-state index is -0.731. The fourth-order valence-corrected chi connectivity index (χ4v) is 3.18. The molecule has 0 aliphatic carbocycles. The van der Waals surface area contributed by atoms with Crippen LogP contribution in [-0.2, 0) is 9.53 Å². The summed E-state index contributed by atoms with van der Waals surface area (Å²) >= 11 is 1.25. The molecule has 1 aromatic carbocycles. The lowest BCUT2D eigenvalue weighted by Gasteiger charge is -2.07. The summed E-state index contributed by atoms with van der Waals surface area (Å²) in [7, 11) is 0. The number of aryl methyl sites for hydroxylation is 1. The molecule has 0 saturated carbocycles. The van der Waals surface area contributed by atoms with E-state index in [4.69, 9.17) is 4.74 Å². The number of carbonyl (C=O) groups is 3. The van der Waals surface area contributed by atoms with E-state index in [1.165, 1.54) is 36.5 Å². The normalized spacial score (nSPS) is 10.3. The number of ether oxygens (including phenoxy) is 1. The van der Waals surface area contributed by atoms with Gasteiger partial charge in [0.15, 0.2) is 6.61 Å². The molecule has 0 bridgehead atoms. The smallest absolute Gasteiger partial charge is 0.341 e. The second-order valence-corrected chi connectivity index (χ2v) is 6.37. The topological polar surface area (TPSA) is 72.5 Å². The molecular weight excluding hydrogens is 333 g/mol. The Morgan fingerprint density at radius 2 is 1.88 bits per heavy atom. The largest absolute Gasteiger partial charge is 0.454 e. The van der Waals surface area contributed by atoms with Crippen LogP contribution in [0.2, 0.25) is 0 Å². The third-order valence-electron chi connectivity index (χ3n) is 3.39. The summed E-state index contributed by atoms with van der Waals surface area (Å²) in [4.78, 5) is 36.4. The number of benzene rings is 1. The molecule has 0 atom stereocenters. The minimum Gasteiger partial charge on any atom is -0.454 e. The van der Waals surface area contributed by atoms with E-state index in [2.05, 4.69) is 5.32 Å². The van der Waals surface area contributed by atoms with Crippen molar-refractivity contribution >= 4 is 34.0 Å². The first-order chi connectivity index (χ1) is 11.3. The van der Waals surface area contributed by atoms with Crippen LogP contribution in [0.15, 0.2) is 24.3 Å². The van der Waals surface area contributed by atoms with Crippen LogP contribution in [0.25, 0.3) is 0 Å². The average Bonchev–Trinajstić information content (AvgIpc) is 2.78. The summed E-state index contributed by atoms with van der Waals surface area (Å²) < 4.78 is 18.6. The van der Waals surface area contributed by atoms with Crippen LogP contribution in [0.3, 0.4) is 0 Å². The Morgan fingerprint density at radius 1 is 1.21 bits per heavy atom. The van der Waals surface area contributed by atoms with Crippen LogP contribution in [0.5, 0.6) is 0 Å². The highest BCUT2D eigenvalue weighted by Crippen LogP contribution is 2.33. The number of hydrogen-bond donors (Lipinski definition) is 1. The van der Waals surface area contributed by atoms with Gasteiger partial charge in [-0.05, 0) is 31.5 Å². The molecule has 0 fully saturated rings. The second kappa shape index (κ2) is 7.35. The molecule has 0 aliphatic heterocycles. The van der Waals surface area contributed by atoms with E-state index >= 15 is 0 Å². The highest BCUT2D eigenvalue weighted by atomic mass is 32.1. The molecule has 1 aromatic heterocycles. The molecule has 0 saturated heterocycles. The zero-order valence-corrected chi connectivity index (χ0v) is 14.3. The van der Waals surface area contributed by atoms with E-state index in [1.807, 2.05) is 6.92 Å². The fourth-order valence-electron chi connectivity index (χ4n) is 2.09. The lowest BCUT2D eigenvalue weighted by molar-refractivity contribution is -0.114. The predicted octanol–water partition coefficient (Wildman–Crippen LogP) is 3.50. The summed E-state index contributed by atoms with van der Waals surface area (Å²) in [6.07, 6.45) is 0. The Bertz CT molecular complexity index is 813. The van der Waals surface area contributed by atoms with Crippen LogP contribution in [0.4, 0.5) is 9.39 Å². The number of ketones is 1. The van der Waals surface area contributed by atoms with Gasteiger partial charge in [-0.2, -0.15) is 0 Å². The Labute approximate surface area is 142 Å². The number of thiophene rings is 1. The summed E-state index contributed by atoms with van der Waals surface area (Å²) in [5.74, 6) is -2.34. The predicted molar refractivity (Wildman–Crippen MR) is 89.1 cm³/mol. The van der Waals surface area contributed by atoms with E-state index < -0.39 is 24.2 Å². The van der Waals surface area contributed by atoms with E-state index in [1.54, 1.807) is 6.92 Å². The highest BCUT2D eigenvalue weighted by Gasteiger charge is 2.23. The van der Waals surface area contributed by atoms with Crippen molar-refractivity contribution in [3.63, 3.8) is 0 Å². The van der Waals surface area contributed by atoms with Gasteiger partial charge in [-0.15, -0.1) is 11.3 Å². The minimum absolute atomic E-state index is 0.134. The molecule has 1 N–H and O–H groups in total. The maximum atomic E-state index is 13.6. The van der Waals surface area contributed by atoms with Crippen molar-refractivity contribution < 1.29 is 23.5 Å². The Kier molecular flexibility index (Phi) is 5.46. The molecule has 24 heavy (non-hydrogen) atoms. The summed E-state index contributed by atoms with van der Waals surface area (Å²) in [6, 6.07) is 5.49. The molecule has 7 heteroatoms. The number of carbonyl (C=O) groups excluding carboxylic acids is 3. The van der Waals surface area contributed by atoms with Crippen LogP contribution < -0.4 is 5.32 Å². The molecule has 5 nitrogen and oxygen atoms in total. The molecule has 126 valence electrons. The van der Waals surface area contributed by atoms with Crippen molar-refractivity contribution in [3.05, 3.63) is 51.7 Å². The Hall–Kier alpha value is -2.54. The van der Waals surface area contributed by atoms with Gasteiger partial charge < -0.3 is 10.1 Å². The van der Waals surface area contributed by atoms with Crippen molar-refractivity contribution in [2.24, 2.45) is 0 Å². The third kappa shape index (κ3) is 3.86. The number of anilines is 1. The SMILES string of the molecule is CC(=O)Nc1sc(C)c(C)c1C(=O)OCC(=O)c1ccccc1F. The highest BCUT2D eigenvalue weighted by molar-refractivity contribution is 7.16. The van der Waals surface area contributed by atoms with Crippen LogP contribution in [-0.4, -0.2) is 24.3 Å². The fraction of sp³-hybridized carbons (Fsp3) is 0.235. The lowest BCUT2D eigenvalue weighted by Crippen LogP contribution is -2.17. The standard InChI is InChI=1S/C17H16FNO4S/c1-9-10(2)24-16(19-11(3)20)15(9)17(22)23-8-14(21)12-6-4-5-7-13(12)18/h4-7H,8H2,1-3H3,(H,19,20). The first kappa shape index (κ1) is 17.8. The number of nitrogens with one attached hydrogen (secondary N) is 1. The van der Waals surface area contributed by atoms with E-state index in [-0.39, 0.29) is 17.0 Å². The zero-order valence-electron chi connectivity index (χ0n) is 13.4. The first-order valence-electron chi connectivity index (χ1n) is 7.13. The number of halogens is 1. The zero-order chi connectivity index (χ0) is 17.9. The van der Waals surface area contributed by atoms with Crippen molar-refractivity contribution in [1.29, 1.82) is 0 Å². The Morgan fingerprint density at radius 3 is 2.50 bits per heavy atom. The third-order valence-corrected chi connectivity index (χ3v) is 4.51. The second-order valence-electron chi connectivity index (χ2n) is 5.15. The lowest BCUT2D eigenvalue weighted by atomic mass is 10.1. The summed E-state index contributed by atoms with van der Waals surface area (Å²) in [5, 5.41) is 2.95. The number of Topliss-reactive ketones (excluding diaryl/α,β-unsaturated/α-hetero) is 1. The van der Waals surface area contributed by atoms with Crippen molar-refractivity contribution in [2.45, 2.75) is 20.8 Å². The monoisotopic (exact) mass is 349 g/mol. The summed E-state index contributed by atoms with van der Waals surface area (Å²) in [6.45, 7) is 4.30. The van der Waals surface area contributed by atoms with Gasteiger partial charge in [0.25, 0.3) is 0 Å². The number of amides is 1. The van der Waals surface area contributed by atoms with Crippen LogP contribution in [0, 0.1) is 19.7 Å². The van der Waals surface area contributed by atoms with Gasteiger partial charge >= 0.3 is 5.97 Å². The molecule has 0 spiro atoms. The molecule has 2 rings (SSSR count).